The number of likely N-dealkylation sites (tertiary alicyclic amines) is 1. The first-order valence-corrected chi connectivity index (χ1v) is 10.7. The van der Waals surface area contributed by atoms with Gasteiger partial charge in [-0.1, -0.05) is 24.3 Å². The van der Waals surface area contributed by atoms with Crippen molar-refractivity contribution in [2.75, 3.05) is 26.3 Å². The third-order valence-corrected chi connectivity index (χ3v) is 5.75. The Bertz CT molecular complexity index is 1040. The summed E-state index contributed by atoms with van der Waals surface area (Å²) >= 11 is 0. The Kier molecular flexibility index (Phi) is 6.81. The Morgan fingerprint density at radius 3 is 2.81 bits per heavy atom. The fourth-order valence-electron chi connectivity index (χ4n) is 4.29. The molecule has 2 heterocycles. The highest BCUT2D eigenvalue weighted by molar-refractivity contribution is 5.66. The van der Waals surface area contributed by atoms with Gasteiger partial charge in [0, 0.05) is 30.3 Å². The summed E-state index contributed by atoms with van der Waals surface area (Å²) in [6, 6.07) is 13.2. The molecule has 0 unspecified atom stereocenters. The number of ether oxygens (including phenoxy) is 1. The molecule has 1 aliphatic heterocycles. The zero-order chi connectivity index (χ0) is 22.6. The molecule has 1 atom stereocenters. The molecule has 5 nitrogen and oxygen atoms in total. The minimum atomic E-state index is -4.38. The average Bonchev–Trinajstić information content (AvgIpc) is 3.28. The van der Waals surface area contributed by atoms with E-state index in [1.165, 1.54) is 12.1 Å². The summed E-state index contributed by atoms with van der Waals surface area (Å²) in [6.07, 6.45) is -0.820. The number of hydrogen-bond donors (Lipinski definition) is 2. The highest BCUT2D eigenvalue weighted by Crippen LogP contribution is 2.36. The lowest BCUT2D eigenvalue weighted by atomic mass is 9.90. The second-order valence-electron chi connectivity index (χ2n) is 8.07. The topological polar surface area (TPSA) is 61.4 Å². The van der Waals surface area contributed by atoms with E-state index in [1.54, 1.807) is 12.3 Å². The van der Waals surface area contributed by atoms with Crippen LogP contribution in [0.2, 0.25) is 0 Å². The van der Waals surface area contributed by atoms with Gasteiger partial charge in [0.05, 0.1) is 18.4 Å². The van der Waals surface area contributed by atoms with Crippen molar-refractivity contribution in [2.24, 2.45) is 0 Å². The van der Waals surface area contributed by atoms with Gasteiger partial charge in [0.25, 0.3) is 0 Å². The lowest BCUT2D eigenvalue weighted by molar-refractivity contribution is -0.137. The van der Waals surface area contributed by atoms with Crippen LogP contribution in [0.1, 0.15) is 35.6 Å². The second kappa shape index (κ2) is 9.75. The minimum Gasteiger partial charge on any atom is -0.491 e. The van der Waals surface area contributed by atoms with Gasteiger partial charge in [0.15, 0.2) is 0 Å². The minimum absolute atomic E-state index is 0.0313. The van der Waals surface area contributed by atoms with Crippen LogP contribution >= 0.6 is 0 Å². The van der Waals surface area contributed by atoms with Crippen molar-refractivity contribution in [3.63, 3.8) is 0 Å². The largest absolute Gasteiger partial charge is 0.491 e. The van der Waals surface area contributed by atoms with Gasteiger partial charge in [-0.2, -0.15) is 18.3 Å². The Balaban J connectivity index is 1.49. The van der Waals surface area contributed by atoms with Gasteiger partial charge in [-0.05, 0) is 54.8 Å². The normalized spacial score (nSPS) is 17.4. The van der Waals surface area contributed by atoms with Gasteiger partial charge in [0.1, 0.15) is 12.4 Å². The number of halogens is 3. The van der Waals surface area contributed by atoms with Gasteiger partial charge in [-0.25, -0.2) is 0 Å². The van der Waals surface area contributed by atoms with E-state index >= 15 is 0 Å². The molecule has 170 valence electrons. The first-order valence-electron chi connectivity index (χ1n) is 10.7. The van der Waals surface area contributed by atoms with Crippen LogP contribution in [0.5, 0.6) is 5.75 Å². The highest BCUT2D eigenvalue weighted by atomic mass is 19.4. The van der Waals surface area contributed by atoms with Crippen LogP contribution in [-0.2, 0) is 12.7 Å². The summed E-state index contributed by atoms with van der Waals surface area (Å²) in [7, 11) is 0. The van der Waals surface area contributed by atoms with Crippen molar-refractivity contribution in [3.8, 4) is 16.9 Å². The molecule has 8 heteroatoms. The molecule has 3 aromatic rings. The van der Waals surface area contributed by atoms with Gasteiger partial charge >= 0.3 is 6.18 Å². The molecule has 0 amide bonds. The number of H-pyrrole nitrogens is 1. The van der Waals surface area contributed by atoms with Crippen LogP contribution < -0.4 is 4.74 Å². The maximum absolute atomic E-state index is 13.2. The number of alkyl halides is 3. The second-order valence-corrected chi connectivity index (χ2v) is 8.07. The van der Waals surface area contributed by atoms with Crippen molar-refractivity contribution >= 4 is 0 Å². The first kappa shape index (κ1) is 22.4. The third-order valence-electron chi connectivity index (χ3n) is 5.75. The third kappa shape index (κ3) is 5.31. The Hall–Kier alpha value is -2.84. The van der Waals surface area contributed by atoms with E-state index in [4.69, 9.17) is 9.84 Å². The first-order chi connectivity index (χ1) is 15.4. The van der Waals surface area contributed by atoms with Crippen molar-refractivity contribution < 1.29 is 23.0 Å². The molecule has 0 radical (unpaired) electrons. The number of benzene rings is 2. The van der Waals surface area contributed by atoms with E-state index in [0.717, 1.165) is 61.1 Å². The predicted molar refractivity (Wildman–Crippen MR) is 115 cm³/mol. The van der Waals surface area contributed by atoms with Gasteiger partial charge < -0.3 is 9.84 Å². The maximum atomic E-state index is 13.2. The number of rotatable bonds is 7. The lowest BCUT2D eigenvalue weighted by Crippen LogP contribution is -2.34. The van der Waals surface area contributed by atoms with Crippen molar-refractivity contribution in [2.45, 2.75) is 31.5 Å². The van der Waals surface area contributed by atoms with E-state index in [-0.39, 0.29) is 19.1 Å². The number of aromatic amines is 1. The maximum Gasteiger partial charge on any atom is 0.416 e. The predicted octanol–water partition coefficient (Wildman–Crippen LogP) is 4.85. The number of aliphatic hydroxyl groups excluding tert-OH is 1. The Labute approximate surface area is 184 Å². The number of nitrogens with one attached hydrogen (secondary N) is 1. The van der Waals surface area contributed by atoms with Crippen molar-refractivity contribution in [1.82, 2.24) is 15.1 Å². The fourth-order valence-corrected chi connectivity index (χ4v) is 4.29. The SMILES string of the molecule is OCCOc1cccc(CN2CCC[C@@H](c3[nH]ncc3-c3cccc(C(F)(F)F)c3)C2)c1. The number of nitrogens with zero attached hydrogens (tertiary/aromatic N) is 2. The molecule has 2 N–H and O–H groups in total. The molecule has 1 aliphatic rings. The van der Waals surface area contributed by atoms with Gasteiger partial charge in [0.2, 0.25) is 0 Å². The Morgan fingerprint density at radius 1 is 1.16 bits per heavy atom. The summed E-state index contributed by atoms with van der Waals surface area (Å²) in [4.78, 5) is 2.34. The molecule has 4 rings (SSSR count). The summed E-state index contributed by atoms with van der Waals surface area (Å²) in [5.41, 5.74) is 2.59. The smallest absolute Gasteiger partial charge is 0.416 e. The zero-order valence-electron chi connectivity index (χ0n) is 17.6. The fraction of sp³-hybridized carbons (Fsp3) is 0.375. The van der Waals surface area contributed by atoms with Crippen LogP contribution in [0.4, 0.5) is 13.2 Å². The van der Waals surface area contributed by atoms with Crippen LogP contribution in [0.15, 0.2) is 54.7 Å². The molecule has 0 bridgehead atoms. The van der Waals surface area contributed by atoms with Gasteiger partial charge in [-0.3, -0.25) is 10.00 Å². The van der Waals surface area contributed by atoms with E-state index in [9.17, 15) is 13.2 Å². The van der Waals surface area contributed by atoms with Crippen molar-refractivity contribution in [3.05, 3.63) is 71.5 Å². The molecule has 0 saturated carbocycles. The molecule has 0 spiro atoms. The van der Waals surface area contributed by atoms with E-state index < -0.39 is 11.7 Å². The van der Waals surface area contributed by atoms with E-state index in [1.807, 2.05) is 24.3 Å². The van der Waals surface area contributed by atoms with Crippen LogP contribution in [0.25, 0.3) is 11.1 Å². The summed E-state index contributed by atoms with van der Waals surface area (Å²) in [5, 5.41) is 16.1. The molecule has 1 saturated heterocycles. The van der Waals surface area contributed by atoms with Crippen molar-refractivity contribution in [1.29, 1.82) is 0 Å². The van der Waals surface area contributed by atoms with Gasteiger partial charge in [-0.15, -0.1) is 0 Å². The lowest BCUT2D eigenvalue weighted by Gasteiger charge is -2.32. The standard InChI is InChI=1S/C24H26F3N3O2/c25-24(26,27)20-7-2-5-18(13-20)22-14-28-29-23(22)19-6-3-9-30(16-19)15-17-4-1-8-21(12-17)32-11-10-31/h1-2,4-5,7-8,12-14,19,31H,3,6,9-11,15-16H2,(H,28,29)/t19-/m1/s1. The Morgan fingerprint density at radius 2 is 2.00 bits per heavy atom. The quantitative estimate of drug-likeness (QED) is 0.546. The average molecular weight is 445 g/mol. The summed E-state index contributed by atoms with van der Waals surface area (Å²) < 4.78 is 45.0. The number of aliphatic hydroxyl groups is 1. The summed E-state index contributed by atoms with van der Waals surface area (Å²) in [5.74, 6) is 0.884. The monoisotopic (exact) mass is 445 g/mol. The number of aromatic nitrogens is 2. The zero-order valence-corrected chi connectivity index (χ0v) is 17.6. The molecule has 1 fully saturated rings. The molecule has 1 aromatic heterocycles. The molecular weight excluding hydrogens is 419 g/mol. The van der Waals surface area contributed by atoms with E-state index in [0.29, 0.717) is 5.56 Å². The molecule has 2 aromatic carbocycles. The highest BCUT2D eigenvalue weighted by Gasteiger charge is 2.31. The van der Waals surface area contributed by atoms with Crippen LogP contribution in [0.3, 0.4) is 0 Å². The molecule has 0 aliphatic carbocycles. The van der Waals surface area contributed by atoms with Crippen LogP contribution in [-0.4, -0.2) is 46.5 Å². The number of hydrogen-bond acceptors (Lipinski definition) is 4. The van der Waals surface area contributed by atoms with Crippen LogP contribution in [0, 0.1) is 0 Å². The van der Waals surface area contributed by atoms with E-state index in [2.05, 4.69) is 15.1 Å². The summed E-state index contributed by atoms with van der Waals surface area (Å²) in [6.45, 7) is 2.71. The molecular formula is C24H26F3N3O2. The number of piperidine rings is 1. The molecule has 32 heavy (non-hydrogen) atoms.